The Morgan fingerprint density at radius 1 is 1.07 bits per heavy atom. The van der Waals surface area contributed by atoms with Crippen LogP contribution in [0.15, 0.2) is 29.4 Å². The molecule has 1 rings (SSSR count). The number of aryl methyl sites for hydroxylation is 1. The number of ketones is 1. The monoisotopic (exact) mass is 388 g/mol. The fourth-order valence-corrected chi connectivity index (χ4v) is 2.83. The van der Waals surface area contributed by atoms with Crippen LogP contribution >= 0.6 is 0 Å². The molecule has 0 saturated carbocycles. The number of aldehydes is 1. The van der Waals surface area contributed by atoms with Gasteiger partial charge in [-0.2, -0.15) is 0 Å². The van der Waals surface area contributed by atoms with Gasteiger partial charge in [-0.25, -0.2) is 0 Å². The maximum atomic E-state index is 11.7. The molecule has 0 aliphatic carbocycles. The fraction of sp³-hybridized carbons (Fsp3) is 0.478. The molecule has 3 N–H and O–H groups in total. The number of carbonyl (C=O) groups is 2. The summed E-state index contributed by atoms with van der Waals surface area (Å²) >= 11 is 0. The molecule has 0 unspecified atom stereocenters. The van der Waals surface area contributed by atoms with Crippen LogP contribution in [0.3, 0.4) is 0 Å². The highest BCUT2D eigenvalue weighted by atomic mass is 16.3. The van der Waals surface area contributed by atoms with E-state index in [2.05, 4.69) is 6.08 Å². The number of rotatable bonds is 10. The number of phenolic OH excluding ortho intramolecular Hbond substituents is 2. The molecule has 0 aliphatic rings. The predicted octanol–water partition coefficient (Wildman–Crippen LogP) is 4.55. The molecule has 154 valence electrons. The minimum Gasteiger partial charge on any atom is -0.508 e. The van der Waals surface area contributed by atoms with Gasteiger partial charge in [0.1, 0.15) is 17.1 Å². The molecule has 0 atom stereocenters. The Morgan fingerprint density at radius 3 is 2.25 bits per heavy atom. The molecule has 0 aromatic heterocycles. The molecule has 0 radical (unpaired) electrons. The van der Waals surface area contributed by atoms with Gasteiger partial charge in [-0.05, 0) is 71.9 Å². The maximum absolute atomic E-state index is 11.7. The third-order valence-corrected chi connectivity index (χ3v) is 4.86. The highest BCUT2D eigenvalue weighted by Crippen LogP contribution is 2.33. The molecular weight excluding hydrogens is 356 g/mol. The SMILES string of the molecule is C/C(=C\Cc1c(O)cc(C)c(C=O)c1O)CC/C=C(\C)CCC(=O)C(C)(C)O. The zero-order valence-electron chi connectivity index (χ0n) is 17.5. The summed E-state index contributed by atoms with van der Waals surface area (Å²) in [6.07, 6.45) is 7.53. The van der Waals surface area contributed by atoms with Crippen molar-refractivity contribution in [2.24, 2.45) is 0 Å². The van der Waals surface area contributed by atoms with E-state index in [1.807, 2.05) is 19.9 Å². The zero-order valence-corrected chi connectivity index (χ0v) is 17.5. The summed E-state index contributed by atoms with van der Waals surface area (Å²) in [7, 11) is 0. The number of carbonyl (C=O) groups excluding carboxylic acids is 2. The van der Waals surface area contributed by atoms with Crippen LogP contribution in [-0.4, -0.2) is 33.0 Å². The van der Waals surface area contributed by atoms with Gasteiger partial charge in [-0.15, -0.1) is 0 Å². The minimum atomic E-state index is -1.28. The molecule has 0 amide bonds. The Morgan fingerprint density at radius 2 is 1.68 bits per heavy atom. The third kappa shape index (κ3) is 6.97. The van der Waals surface area contributed by atoms with Crippen molar-refractivity contribution in [1.82, 2.24) is 0 Å². The maximum Gasteiger partial charge on any atom is 0.164 e. The van der Waals surface area contributed by atoms with E-state index in [-0.39, 0.29) is 22.8 Å². The first-order valence-electron chi connectivity index (χ1n) is 9.53. The Labute approximate surface area is 167 Å². The van der Waals surface area contributed by atoms with Gasteiger partial charge in [0.2, 0.25) is 0 Å². The molecule has 0 spiro atoms. The molecular formula is C23H32O5. The summed E-state index contributed by atoms with van der Waals surface area (Å²) in [5.74, 6) is -0.343. The van der Waals surface area contributed by atoms with Gasteiger partial charge in [-0.1, -0.05) is 23.3 Å². The number of allylic oxidation sites excluding steroid dienone is 4. The summed E-state index contributed by atoms with van der Waals surface area (Å²) in [4.78, 5) is 22.9. The molecule has 5 heteroatoms. The van der Waals surface area contributed by atoms with Crippen LogP contribution in [0, 0.1) is 6.92 Å². The highest BCUT2D eigenvalue weighted by Gasteiger charge is 2.22. The zero-order chi connectivity index (χ0) is 21.5. The van der Waals surface area contributed by atoms with Crippen molar-refractivity contribution in [3.05, 3.63) is 46.1 Å². The quantitative estimate of drug-likeness (QED) is 0.404. The third-order valence-electron chi connectivity index (χ3n) is 4.86. The van der Waals surface area contributed by atoms with Gasteiger partial charge >= 0.3 is 0 Å². The Hall–Kier alpha value is -2.40. The number of Topliss-reactive ketones (excluding diaryl/α,β-unsaturated/α-hetero) is 1. The highest BCUT2D eigenvalue weighted by molar-refractivity contribution is 5.86. The molecule has 1 aromatic rings. The Bertz CT molecular complexity index is 779. The number of hydrogen-bond acceptors (Lipinski definition) is 5. The molecule has 0 heterocycles. The first-order valence-corrected chi connectivity index (χ1v) is 9.53. The van der Waals surface area contributed by atoms with Crippen molar-refractivity contribution >= 4 is 12.1 Å². The van der Waals surface area contributed by atoms with Crippen molar-refractivity contribution in [3.63, 3.8) is 0 Å². The van der Waals surface area contributed by atoms with Crippen LogP contribution in [0.4, 0.5) is 0 Å². The Balaban J connectivity index is 2.63. The second-order valence-corrected chi connectivity index (χ2v) is 7.90. The van der Waals surface area contributed by atoms with Crippen LogP contribution in [0.1, 0.15) is 74.9 Å². The number of phenols is 2. The lowest BCUT2D eigenvalue weighted by molar-refractivity contribution is -0.134. The predicted molar refractivity (Wildman–Crippen MR) is 111 cm³/mol. The van der Waals surface area contributed by atoms with Crippen molar-refractivity contribution in [1.29, 1.82) is 0 Å². The summed E-state index contributed by atoms with van der Waals surface area (Å²) in [6.45, 7) is 8.62. The van der Waals surface area contributed by atoms with Gasteiger partial charge in [0.05, 0.1) is 5.56 Å². The van der Waals surface area contributed by atoms with Gasteiger partial charge in [0.25, 0.3) is 0 Å². The largest absolute Gasteiger partial charge is 0.508 e. The molecule has 1 aromatic carbocycles. The van der Waals surface area contributed by atoms with E-state index < -0.39 is 5.60 Å². The summed E-state index contributed by atoms with van der Waals surface area (Å²) < 4.78 is 0. The summed E-state index contributed by atoms with van der Waals surface area (Å²) in [5, 5.41) is 29.9. The van der Waals surface area contributed by atoms with E-state index >= 15 is 0 Å². The summed E-state index contributed by atoms with van der Waals surface area (Å²) in [5.41, 5.74) is 2.02. The lowest BCUT2D eigenvalue weighted by Gasteiger charge is -2.15. The lowest BCUT2D eigenvalue weighted by Crippen LogP contribution is -2.30. The molecule has 0 fully saturated rings. The summed E-state index contributed by atoms with van der Waals surface area (Å²) in [6, 6.07) is 1.49. The van der Waals surface area contributed by atoms with Crippen molar-refractivity contribution in [2.75, 3.05) is 0 Å². The fourth-order valence-electron chi connectivity index (χ4n) is 2.83. The van der Waals surface area contributed by atoms with Gasteiger partial charge in [0.15, 0.2) is 12.1 Å². The number of benzene rings is 1. The van der Waals surface area contributed by atoms with Crippen LogP contribution < -0.4 is 0 Å². The van der Waals surface area contributed by atoms with Crippen molar-refractivity contribution < 1.29 is 24.9 Å². The van der Waals surface area contributed by atoms with E-state index in [0.29, 0.717) is 36.7 Å². The van der Waals surface area contributed by atoms with Gasteiger partial charge < -0.3 is 15.3 Å². The van der Waals surface area contributed by atoms with Crippen molar-refractivity contribution in [2.45, 2.75) is 72.3 Å². The van der Waals surface area contributed by atoms with Gasteiger partial charge in [0, 0.05) is 12.0 Å². The van der Waals surface area contributed by atoms with Crippen LogP contribution in [0.2, 0.25) is 0 Å². The van der Waals surface area contributed by atoms with Crippen LogP contribution in [0.25, 0.3) is 0 Å². The average Bonchev–Trinajstić information content (AvgIpc) is 2.58. The first-order chi connectivity index (χ1) is 13.0. The van der Waals surface area contributed by atoms with E-state index in [0.717, 1.165) is 24.0 Å². The van der Waals surface area contributed by atoms with Crippen molar-refractivity contribution in [3.8, 4) is 11.5 Å². The van der Waals surface area contributed by atoms with Crippen LogP contribution in [0.5, 0.6) is 11.5 Å². The lowest BCUT2D eigenvalue weighted by atomic mass is 9.97. The smallest absolute Gasteiger partial charge is 0.164 e. The number of aliphatic hydroxyl groups is 1. The number of aromatic hydroxyl groups is 2. The minimum absolute atomic E-state index is 0.0168. The molecule has 0 bridgehead atoms. The molecule has 0 saturated heterocycles. The van der Waals surface area contributed by atoms with E-state index in [9.17, 15) is 24.9 Å². The second kappa shape index (κ2) is 10.2. The van der Waals surface area contributed by atoms with Crippen LogP contribution in [-0.2, 0) is 11.2 Å². The van der Waals surface area contributed by atoms with Gasteiger partial charge in [-0.3, -0.25) is 9.59 Å². The molecule has 0 aliphatic heterocycles. The second-order valence-electron chi connectivity index (χ2n) is 7.90. The standard InChI is InChI=1S/C23H32O5/c1-15(7-6-8-16(2)10-12-21(26)23(4,5)28)9-11-18-20(25)13-17(3)19(14-24)22(18)27/h8-9,13-14,25,27-28H,6-7,10-12H2,1-5H3/b15-9+,16-8+. The van der Waals surface area contributed by atoms with E-state index in [1.165, 1.54) is 19.9 Å². The topological polar surface area (TPSA) is 94.8 Å². The molecule has 28 heavy (non-hydrogen) atoms. The first kappa shape index (κ1) is 23.6. The average molecular weight is 389 g/mol. The van der Waals surface area contributed by atoms with E-state index in [1.54, 1.807) is 6.92 Å². The Kier molecular flexibility index (Phi) is 8.64. The van der Waals surface area contributed by atoms with E-state index in [4.69, 9.17) is 0 Å². The molecule has 5 nitrogen and oxygen atoms in total. The number of hydrogen-bond donors (Lipinski definition) is 3. The normalized spacial score (nSPS) is 12.9.